The third-order valence-corrected chi connectivity index (χ3v) is 3.41. The number of hydrogen-bond donors (Lipinski definition) is 2. The third kappa shape index (κ3) is 2.23. The maximum Gasteiger partial charge on any atom is 0.248 e. The Hall–Kier alpha value is -1.39. The molecule has 2 aromatic rings. The Morgan fingerprint density at radius 2 is 2.25 bits per heavy atom. The van der Waals surface area contributed by atoms with E-state index in [0.29, 0.717) is 6.54 Å². The molecule has 0 aliphatic heterocycles. The molecule has 0 spiro atoms. The molecule has 84 valence electrons. The van der Waals surface area contributed by atoms with Crippen LogP contribution in [0, 0.1) is 0 Å². The first-order valence-electron chi connectivity index (χ1n) is 5.09. The standard InChI is InChI=1S/C12H13NO2S/c1-8(14)12(15)13-6-9-7-16-11-5-3-2-4-10(9)11/h2-5,7-8,14H,6H2,1H3,(H,13,15). The molecule has 0 saturated heterocycles. The number of benzene rings is 1. The van der Waals surface area contributed by atoms with Crippen LogP contribution in [-0.2, 0) is 11.3 Å². The normalized spacial score (nSPS) is 12.6. The molecule has 1 aromatic carbocycles. The second kappa shape index (κ2) is 4.63. The van der Waals surface area contributed by atoms with E-state index in [0.717, 1.165) is 5.56 Å². The average molecular weight is 235 g/mol. The fraction of sp³-hybridized carbons (Fsp3) is 0.250. The number of rotatable bonds is 3. The molecule has 3 nitrogen and oxygen atoms in total. The summed E-state index contributed by atoms with van der Waals surface area (Å²) in [5.74, 6) is -0.338. The van der Waals surface area contributed by atoms with Gasteiger partial charge < -0.3 is 10.4 Å². The van der Waals surface area contributed by atoms with Crippen molar-refractivity contribution < 1.29 is 9.90 Å². The number of thiophene rings is 1. The number of carbonyl (C=O) groups excluding carboxylic acids is 1. The van der Waals surface area contributed by atoms with Crippen LogP contribution in [0.5, 0.6) is 0 Å². The summed E-state index contributed by atoms with van der Waals surface area (Å²) in [7, 11) is 0. The number of aliphatic hydroxyl groups excluding tert-OH is 1. The number of nitrogens with one attached hydrogen (secondary N) is 1. The van der Waals surface area contributed by atoms with E-state index in [4.69, 9.17) is 5.11 Å². The monoisotopic (exact) mass is 235 g/mol. The Morgan fingerprint density at radius 3 is 3.00 bits per heavy atom. The van der Waals surface area contributed by atoms with Gasteiger partial charge in [0, 0.05) is 11.2 Å². The highest BCUT2D eigenvalue weighted by atomic mass is 32.1. The molecule has 1 unspecified atom stereocenters. The lowest BCUT2D eigenvalue weighted by atomic mass is 10.2. The van der Waals surface area contributed by atoms with Crippen molar-refractivity contribution in [2.45, 2.75) is 19.6 Å². The Bertz CT molecular complexity index is 504. The summed E-state index contributed by atoms with van der Waals surface area (Å²) in [6.07, 6.45) is -0.954. The van der Waals surface area contributed by atoms with Crippen molar-refractivity contribution in [3.05, 3.63) is 35.2 Å². The molecule has 1 aromatic heterocycles. The Morgan fingerprint density at radius 1 is 1.50 bits per heavy atom. The van der Waals surface area contributed by atoms with Gasteiger partial charge in [-0.3, -0.25) is 4.79 Å². The van der Waals surface area contributed by atoms with Crippen LogP contribution in [0.25, 0.3) is 10.1 Å². The van der Waals surface area contributed by atoms with E-state index in [9.17, 15) is 4.79 Å². The van der Waals surface area contributed by atoms with Gasteiger partial charge >= 0.3 is 0 Å². The van der Waals surface area contributed by atoms with Crippen molar-refractivity contribution in [2.24, 2.45) is 0 Å². The van der Waals surface area contributed by atoms with E-state index in [1.807, 2.05) is 23.6 Å². The molecule has 0 aliphatic carbocycles. The minimum Gasteiger partial charge on any atom is -0.384 e. The Balaban J connectivity index is 2.13. The van der Waals surface area contributed by atoms with E-state index in [-0.39, 0.29) is 5.91 Å². The predicted octanol–water partition coefficient (Wildman–Crippen LogP) is 1.90. The summed E-state index contributed by atoms with van der Waals surface area (Å²) in [4.78, 5) is 11.2. The highest BCUT2D eigenvalue weighted by molar-refractivity contribution is 7.17. The van der Waals surface area contributed by atoms with Crippen LogP contribution < -0.4 is 5.32 Å². The van der Waals surface area contributed by atoms with Gasteiger partial charge in [-0.25, -0.2) is 0 Å². The number of hydrogen-bond acceptors (Lipinski definition) is 3. The van der Waals surface area contributed by atoms with E-state index >= 15 is 0 Å². The van der Waals surface area contributed by atoms with Crippen molar-refractivity contribution in [1.82, 2.24) is 5.32 Å². The predicted molar refractivity (Wildman–Crippen MR) is 65.4 cm³/mol. The van der Waals surface area contributed by atoms with Crippen LogP contribution in [0.4, 0.5) is 0 Å². The van der Waals surface area contributed by atoms with Crippen LogP contribution in [0.15, 0.2) is 29.6 Å². The van der Waals surface area contributed by atoms with E-state index in [1.54, 1.807) is 11.3 Å². The summed E-state index contributed by atoms with van der Waals surface area (Å²) in [5.41, 5.74) is 1.09. The number of amides is 1. The zero-order valence-corrected chi connectivity index (χ0v) is 9.75. The summed E-state index contributed by atoms with van der Waals surface area (Å²) < 4.78 is 1.21. The summed E-state index contributed by atoms with van der Waals surface area (Å²) in [6.45, 7) is 1.93. The second-order valence-electron chi connectivity index (χ2n) is 3.65. The number of aliphatic hydroxyl groups is 1. The van der Waals surface area contributed by atoms with Gasteiger partial charge in [0.05, 0.1) is 0 Å². The molecule has 16 heavy (non-hydrogen) atoms. The molecular weight excluding hydrogens is 222 g/mol. The topological polar surface area (TPSA) is 49.3 Å². The van der Waals surface area contributed by atoms with Crippen molar-refractivity contribution in [3.8, 4) is 0 Å². The lowest BCUT2D eigenvalue weighted by Gasteiger charge is -2.06. The highest BCUT2D eigenvalue weighted by Gasteiger charge is 2.09. The van der Waals surface area contributed by atoms with E-state index < -0.39 is 6.10 Å². The first kappa shape index (κ1) is 11.1. The van der Waals surface area contributed by atoms with Gasteiger partial charge in [0.25, 0.3) is 0 Å². The van der Waals surface area contributed by atoms with Crippen molar-refractivity contribution in [1.29, 1.82) is 0 Å². The van der Waals surface area contributed by atoms with Gasteiger partial charge in [-0.2, -0.15) is 0 Å². The molecule has 2 rings (SSSR count). The minimum atomic E-state index is -0.954. The van der Waals surface area contributed by atoms with Gasteiger partial charge in [-0.15, -0.1) is 11.3 Å². The van der Waals surface area contributed by atoms with Gasteiger partial charge in [-0.1, -0.05) is 18.2 Å². The summed E-state index contributed by atoms with van der Waals surface area (Å²) in [6, 6.07) is 8.07. The van der Waals surface area contributed by atoms with Crippen molar-refractivity contribution in [3.63, 3.8) is 0 Å². The quantitative estimate of drug-likeness (QED) is 0.853. The molecule has 2 N–H and O–H groups in total. The molecule has 0 fully saturated rings. The molecule has 4 heteroatoms. The zero-order chi connectivity index (χ0) is 11.5. The molecule has 0 aliphatic rings. The van der Waals surface area contributed by atoms with Gasteiger partial charge in [-0.05, 0) is 29.3 Å². The lowest BCUT2D eigenvalue weighted by Crippen LogP contribution is -2.31. The first-order chi connectivity index (χ1) is 7.68. The third-order valence-electron chi connectivity index (χ3n) is 2.39. The van der Waals surface area contributed by atoms with Crippen LogP contribution in [0.1, 0.15) is 12.5 Å². The van der Waals surface area contributed by atoms with Crippen LogP contribution in [0.2, 0.25) is 0 Å². The van der Waals surface area contributed by atoms with Crippen LogP contribution >= 0.6 is 11.3 Å². The average Bonchev–Trinajstić information content (AvgIpc) is 2.69. The fourth-order valence-corrected chi connectivity index (χ4v) is 2.46. The van der Waals surface area contributed by atoms with Gasteiger partial charge in [0.15, 0.2) is 0 Å². The molecule has 0 saturated carbocycles. The van der Waals surface area contributed by atoms with Crippen LogP contribution in [0.3, 0.4) is 0 Å². The van der Waals surface area contributed by atoms with E-state index in [2.05, 4.69) is 11.4 Å². The SMILES string of the molecule is CC(O)C(=O)NCc1csc2ccccc12. The molecule has 0 radical (unpaired) electrons. The molecule has 0 bridgehead atoms. The Kier molecular flexibility index (Phi) is 3.22. The Labute approximate surface area is 97.7 Å². The molecular formula is C12H13NO2S. The molecule has 1 atom stereocenters. The van der Waals surface area contributed by atoms with Crippen LogP contribution in [-0.4, -0.2) is 17.1 Å². The fourth-order valence-electron chi connectivity index (χ4n) is 1.50. The smallest absolute Gasteiger partial charge is 0.248 e. The highest BCUT2D eigenvalue weighted by Crippen LogP contribution is 2.25. The number of fused-ring (bicyclic) bond motifs is 1. The lowest BCUT2D eigenvalue weighted by molar-refractivity contribution is -0.128. The maximum atomic E-state index is 11.2. The van der Waals surface area contributed by atoms with Crippen molar-refractivity contribution >= 4 is 27.3 Å². The van der Waals surface area contributed by atoms with Crippen molar-refractivity contribution in [2.75, 3.05) is 0 Å². The van der Waals surface area contributed by atoms with Gasteiger partial charge in [0.1, 0.15) is 6.10 Å². The zero-order valence-electron chi connectivity index (χ0n) is 8.93. The minimum absolute atomic E-state index is 0.338. The largest absolute Gasteiger partial charge is 0.384 e. The number of carbonyl (C=O) groups is 1. The van der Waals surface area contributed by atoms with E-state index in [1.165, 1.54) is 17.0 Å². The molecule has 1 heterocycles. The summed E-state index contributed by atoms with van der Waals surface area (Å²) >= 11 is 1.66. The second-order valence-corrected chi connectivity index (χ2v) is 4.56. The first-order valence-corrected chi connectivity index (χ1v) is 5.97. The maximum absolute atomic E-state index is 11.2. The summed E-state index contributed by atoms with van der Waals surface area (Å²) in [5, 5.41) is 14.9. The van der Waals surface area contributed by atoms with Gasteiger partial charge in [0.2, 0.25) is 5.91 Å². The molecule has 1 amide bonds.